The molecule has 0 atom stereocenters. The van der Waals surface area contributed by atoms with Crippen LogP contribution in [0, 0.1) is 19.8 Å². The molecule has 0 radical (unpaired) electrons. The Morgan fingerprint density at radius 1 is 0.709 bits per heavy atom. The molecular formula is C40H45FN12O2. The summed E-state index contributed by atoms with van der Waals surface area (Å²) in [5, 5.41) is 9.22. The van der Waals surface area contributed by atoms with Crippen molar-refractivity contribution in [2.75, 3.05) is 58.7 Å². The van der Waals surface area contributed by atoms with Crippen LogP contribution in [0.3, 0.4) is 0 Å². The fraction of sp³-hybridized carbons (Fsp3) is 0.350. The number of likely N-dealkylation sites (tertiary alicyclic amines) is 2. The van der Waals surface area contributed by atoms with Gasteiger partial charge in [0.25, 0.3) is 11.8 Å². The van der Waals surface area contributed by atoms with E-state index in [4.69, 9.17) is 15.7 Å². The fourth-order valence-corrected chi connectivity index (χ4v) is 7.49. The van der Waals surface area contributed by atoms with Crippen molar-refractivity contribution in [2.45, 2.75) is 38.8 Å². The van der Waals surface area contributed by atoms with E-state index in [1.54, 1.807) is 19.1 Å². The van der Waals surface area contributed by atoms with Gasteiger partial charge in [-0.25, -0.2) is 19.9 Å². The highest BCUT2D eigenvalue weighted by Crippen LogP contribution is 2.31. The van der Waals surface area contributed by atoms with Crippen molar-refractivity contribution in [1.82, 2.24) is 50.3 Å². The highest BCUT2D eigenvalue weighted by Gasteiger charge is 2.26. The number of carbonyl (C=O) groups is 2. The molecule has 2 amide bonds. The lowest BCUT2D eigenvalue weighted by molar-refractivity contribution is 0.0937. The van der Waals surface area contributed by atoms with E-state index < -0.39 is 5.95 Å². The summed E-state index contributed by atoms with van der Waals surface area (Å²) in [7, 11) is 4.18. The number of carbonyl (C=O) groups excluding carboxylic acids is 2. The van der Waals surface area contributed by atoms with Crippen molar-refractivity contribution in [3.8, 4) is 22.5 Å². The van der Waals surface area contributed by atoms with Gasteiger partial charge in [0, 0.05) is 92.1 Å². The summed E-state index contributed by atoms with van der Waals surface area (Å²) in [5.74, 6) is 0.158. The number of rotatable bonds is 4. The van der Waals surface area contributed by atoms with Gasteiger partial charge in [-0.3, -0.25) is 9.59 Å². The Bertz CT molecular complexity index is 2420. The van der Waals surface area contributed by atoms with Crippen LogP contribution in [0.25, 0.3) is 44.6 Å². The molecule has 6 aromatic rings. The molecule has 4 aliphatic heterocycles. The van der Waals surface area contributed by atoms with Crippen LogP contribution in [0.2, 0.25) is 0 Å². The first-order valence-corrected chi connectivity index (χ1v) is 18.6. The Balaban J connectivity index is 0.000000137. The van der Waals surface area contributed by atoms with E-state index in [2.05, 4.69) is 59.8 Å². The number of amides is 2. The third-order valence-electron chi connectivity index (χ3n) is 10.4. The van der Waals surface area contributed by atoms with Gasteiger partial charge in [-0.2, -0.15) is 4.39 Å². The molecule has 0 unspecified atom stereocenters. The molecule has 7 N–H and O–H groups in total. The number of aryl methyl sites for hydroxylation is 2. The van der Waals surface area contributed by atoms with Crippen LogP contribution in [0.5, 0.6) is 0 Å². The molecule has 284 valence electrons. The van der Waals surface area contributed by atoms with E-state index in [1.807, 2.05) is 43.3 Å². The summed E-state index contributed by atoms with van der Waals surface area (Å²) in [6.07, 6.45) is 1.57. The SMILES string of the molecule is CN1CC(N)C1.Cc1nc2cccc(-c3cc4c([nH]3)CCNC4=O)c2nc1F.Cc1nc2cccc(-c3cc4c([nH]3)CCNC4=O)c2nc1NC1CN(C)C1. The third kappa shape index (κ3) is 7.37. The molecular weight excluding hydrogens is 700 g/mol. The highest BCUT2D eigenvalue weighted by molar-refractivity contribution is 6.00. The first-order valence-electron chi connectivity index (χ1n) is 18.6. The maximum atomic E-state index is 13.8. The Morgan fingerprint density at radius 2 is 1.22 bits per heavy atom. The van der Waals surface area contributed by atoms with Gasteiger partial charge in [0.2, 0.25) is 5.95 Å². The van der Waals surface area contributed by atoms with Crippen molar-refractivity contribution in [3.63, 3.8) is 0 Å². The highest BCUT2D eigenvalue weighted by atomic mass is 19.1. The van der Waals surface area contributed by atoms with Crippen molar-refractivity contribution >= 4 is 39.7 Å². The average Bonchev–Trinajstić information content (AvgIpc) is 3.78. The van der Waals surface area contributed by atoms with Gasteiger partial charge in [-0.15, -0.1) is 0 Å². The van der Waals surface area contributed by atoms with Crippen LogP contribution in [0.1, 0.15) is 43.5 Å². The number of nitrogens with one attached hydrogen (secondary N) is 5. The van der Waals surface area contributed by atoms with Gasteiger partial charge in [-0.05, 0) is 52.2 Å². The number of H-pyrrole nitrogens is 2. The Hall–Kier alpha value is -5.77. The maximum absolute atomic E-state index is 13.8. The Labute approximate surface area is 317 Å². The second kappa shape index (κ2) is 14.8. The van der Waals surface area contributed by atoms with Crippen molar-refractivity contribution in [3.05, 3.63) is 88.4 Å². The zero-order valence-corrected chi connectivity index (χ0v) is 31.4. The monoisotopic (exact) mass is 744 g/mol. The largest absolute Gasteiger partial charge is 0.363 e. The zero-order valence-electron chi connectivity index (χ0n) is 31.4. The molecule has 2 fully saturated rings. The molecule has 0 aliphatic carbocycles. The van der Waals surface area contributed by atoms with Crippen LogP contribution in [-0.2, 0) is 12.8 Å². The molecule has 2 saturated heterocycles. The lowest BCUT2D eigenvalue weighted by Gasteiger charge is -2.37. The molecule has 0 saturated carbocycles. The number of benzene rings is 2. The number of halogens is 1. The summed E-state index contributed by atoms with van der Waals surface area (Å²) >= 11 is 0. The average molecular weight is 745 g/mol. The van der Waals surface area contributed by atoms with Crippen LogP contribution in [-0.4, -0.2) is 117 Å². The van der Waals surface area contributed by atoms with E-state index in [9.17, 15) is 14.0 Å². The van der Waals surface area contributed by atoms with Crippen LogP contribution < -0.4 is 21.7 Å². The molecule has 2 aromatic carbocycles. The number of nitrogens with two attached hydrogens (primary N) is 1. The summed E-state index contributed by atoms with van der Waals surface area (Å²) in [6.45, 7) is 9.06. The van der Waals surface area contributed by atoms with E-state index in [1.165, 1.54) is 0 Å². The number of likely N-dealkylation sites (N-methyl/N-ethyl adjacent to an activating group) is 2. The number of aromatic nitrogens is 6. The minimum atomic E-state index is -0.575. The molecule has 4 aliphatic rings. The number of anilines is 1. The van der Waals surface area contributed by atoms with E-state index >= 15 is 0 Å². The molecule has 0 spiro atoms. The van der Waals surface area contributed by atoms with Crippen molar-refractivity contribution in [1.29, 1.82) is 0 Å². The van der Waals surface area contributed by atoms with Gasteiger partial charge in [0.1, 0.15) is 16.9 Å². The maximum Gasteiger partial charge on any atom is 0.253 e. The van der Waals surface area contributed by atoms with Gasteiger partial charge in [-0.1, -0.05) is 24.3 Å². The molecule has 0 bridgehead atoms. The lowest BCUT2D eigenvalue weighted by atomic mass is 10.1. The first-order chi connectivity index (χ1) is 26.5. The number of aromatic amines is 2. The summed E-state index contributed by atoms with van der Waals surface area (Å²) in [4.78, 5) is 53.0. The number of nitrogens with zero attached hydrogens (tertiary/aromatic N) is 6. The van der Waals surface area contributed by atoms with Crippen molar-refractivity contribution < 1.29 is 14.0 Å². The minimum absolute atomic E-state index is 0.0163. The molecule has 55 heavy (non-hydrogen) atoms. The van der Waals surface area contributed by atoms with Gasteiger partial charge in [0.05, 0.1) is 39.6 Å². The summed E-state index contributed by atoms with van der Waals surface area (Å²) < 4.78 is 13.8. The third-order valence-corrected chi connectivity index (χ3v) is 10.4. The molecule has 8 heterocycles. The number of hydrogen-bond donors (Lipinski definition) is 6. The number of hydrogen-bond acceptors (Lipinski definition) is 10. The minimum Gasteiger partial charge on any atom is -0.363 e. The summed E-state index contributed by atoms with van der Waals surface area (Å²) in [6, 6.07) is 16.1. The quantitative estimate of drug-likeness (QED) is 0.156. The van der Waals surface area contributed by atoms with Crippen LogP contribution in [0.4, 0.5) is 10.2 Å². The fourth-order valence-electron chi connectivity index (χ4n) is 7.49. The zero-order chi connectivity index (χ0) is 38.4. The first kappa shape index (κ1) is 36.2. The van der Waals surface area contributed by atoms with Gasteiger partial charge in [0.15, 0.2) is 0 Å². The standard InChI is InChI=1S/C20H22N6O.C16H13FN4O.C4H10N2/c1-11-19(23-12-9-26(2)10-12)25-18-13(4-3-5-16(18)22-11)17-8-14-15(24-17)6-7-21-20(14)27;1-8-15(17)21-14-9(3-2-4-12(14)19-8)13-7-10-11(20-13)5-6-18-16(10)22;1-6-2-4(5)3-6/h3-5,8,12,24H,6-7,9-10H2,1-2H3,(H,21,27)(H,23,25);2-4,7,20H,5-6H2,1H3,(H,18,22);4H,2-3,5H2,1H3. The Kier molecular flexibility index (Phi) is 9.75. The smallest absolute Gasteiger partial charge is 0.253 e. The molecule has 10 rings (SSSR count). The lowest BCUT2D eigenvalue weighted by Crippen LogP contribution is -2.53. The second-order valence-electron chi connectivity index (χ2n) is 14.8. The van der Waals surface area contributed by atoms with Crippen molar-refractivity contribution in [2.24, 2.45) is 5.73 Å². The topological polar surface area (TPSA) is 186 Å². The van der Waals surface area contributed by atoms with Crippen LogP contribution >= 0.6 is 0 Å². The van der Waals surface area contributed by atoms with E-state index in [0.717, 1.165) is 101 Å². The van der Waals surface area contributed by atoms with Gasteiger partial charge < -0.3 is 41.5 Å². The van der Waals surface area contributed by atoms with Crippen LogP contribution in [0.15, 0.2) is 48.5 Å². The number of para-hydroxylation sites is 2. The predicted molar refractivity (Wildman–Crippen MR) is 211 cm³/mol. The van der Waals surface area contributed by atoms with E-state index in [0.29, 0.717) is 41.8 Å². The molecule has 4 aromatic heterocycles. The van der Waals surface area contributed by atoms with E-state index in [-0.39, 0.29) is 17.5 Å². The normalized spacial score (nSPS) is 17.1. The second-order valence-corrected chi connectivity index (χ2v) is 14.8. The molecule has 15 heteroatoms. The van der Waals surface area contributed by atoms with Gasteiger partial charge >= 0.3 is 0 Å². The predicted octanol–water partition coefficient (Wildman–Crippen LogP) is 3.56. The number of fused-ring (bicyclic) bond motifs is 4. The Morgan fingerprint density at radius 3 is 1.69 bits per heavy atom. The summed E-state index contributed by atoms with van der Waals surface area (Å²) in [5.41, 5.74) is 16.1. The molecule has 14 nitrogen and oxygen atoms in total.